The number of ether oxygens (including phenoxy) is 9. The largest absolute Gasteiger partial charge is 0.481 e. The number of carbonyl (C=O) groups is 9. The van der Waals surface area contributed by atoms with Gasteiger partial charge in [-0.05, 0) is 12.8 Å². The molecule has 0 aromatic heterocycles. The van der Waals surface area contributed by atoms with Crippen LogP contribution in [0, 0.1) is 0 Å². The van der Waals surface area contributed by atoms with E-state index >= 15 is 4.57 Å². The van der Waals surface area contributed by atoms with Gasteiger partial charge in [0.25, 0.3) is 0 Å². The maximum atomic E-state index is 15.0. The zero-order valence-corrected chi connectivity index (χ0v) is 52.5. The molecule has 0 spiro atoms. The molecule has 0 aromatic rings. The molecule has 0 radical (unpaired) electrons. The number of phosphoric ester groups is 4. The maximum absolute atomic E-state index is 15.0. The summed E-state index contributed by atoms with van der Waals surface area (Å²) in [6, 6.07) is 0. The Morgan fingerprint density at radius 1 is 0.337 bits per heavy atom. The van der Waals surface area contributed by atoms with Crippen LogP contribution in [0.3, 0.4) is 0 Å². The topological polar surface area (TPSA) is 456 Å². The van der Waals surface area contributed by atoms with Gasteiger partial charge in [-0.2, -0.15) is 0 Å². The predicted molar refractivity (Wildman–Crippen MR) is 280 cm³/mol. The van der Waals surface area contributed by atoms with Gasteiger partial charge in [0, 0.05) is 61.3 Å². The number of hydrogen-bond donors (Lipinski definition) is 2. The average molecular weight is 1330 g/mol. The smallest absolute Gasteiger partial charge is 0.462 e. The molecule has 498 valence electrons. The lowest BCUT2D eigenvalue weighted by molar-refractivity contribution is -0.218. The normalized spacial score (nSPS) is 19.0. The Bertz CT molecular complexity index is 2190. The Labute approximate surface area is 495 Å². The number of aliphatic hydroxyl groups is 2. The van der Waals surface area contributed by atoms with E-state index in [1.165, 1.54) is 0 Å². The van der Waals surface area contributed by atoms with Gasteiger partial charge in [0.1, 0.15) is 43.2 Å². The molecule has 40 heteroatoms. The van der Waals surface area contributed by atoms with Crippen molar-refractivity contribution in [2.24, 2.45) is 0 Å². The number of rotatable bonds is 47. The van der Waals surface area contributed by atoms with Crippen LogP contribution in [0.4, 0.5) is 0 Å². The van der Waals surface area contributed by atoms with Gasteiger partial charge in [0.2, 0.25) is 47.6 Å². The van der Waals surface area contributed by atoms with E-state index in [9.17, 15) is 67.1 Å². The number of hydrogen-bond acceptors (Lipinski definition) is 36. The Balaban J connectivity index is 4.42. The quantitative estimate of drug-likeness (QED) is 0.0244. The summed E-state index contributed by atoms with van der Waals surface area (Å²) in [4.78, 5) is 109. The molecule has 1 saturated carbocycles. The molecule has 0 bridgehead atoms. The number of aliphatic hydroxyl groups excluding tert-OH is 2. The van der Waals surface area contributed by atoms with Crippen molar-refractivity contribution >= 4 is 85.0 Å². The summed E-state index contributed by atoms with van der Waals surface area (Å²) in [5, 5.41) is 24.8. The van der Waals surface area contributed by atoms with Crippen molar-refractivity contribution in [1.82, 2.24) is 0 Å². The van der Waals surface area contributed by atoms with Crippen molar-refractivity contribution in [3.05, 3.63) is 0 Å². The summed E-state index contributed by atoms with van der Waals surface area (Å²) in [6.45, 7) is -1.62. The van der Waals surface area contributed by atoms with E-state index in [1.807, 2.05) is 13.8 Å². The fourth-order valence-electron chi connectivity index (χ4n) is 6.39. The first kappa shape index (κ1) is 79.6. The first-order chi connectivity index (χ1) is 40.4. The van der Waals surface area contributed by atoms with Crippen molar-refractivity contribution in [3.8, 4) is 0 Å². The van der Waals surface area contributed by atoms with E-state index in [0.29, 0.717) is 25.7 Å². The van der Waals surface area contributed by atoms with Crippen LogP contribution in [0.1, 0.15) is 139 Å². The van der Waals surface area contributed by atoms with E-state index in [0.717, 1.165) is 87.0 Å². The minimum atomic E-state index is -5.78. The van der Waals surface area contributed by atoms with Gasteiger partial charge in [-0.1, -0.05) is 65.2 Å². The Morgan fingerprint density at radius 2 is 0.605 bits per heavy atom. The molecule has 86 heavy (non-hydrogen) atoms. The molecule has 4 unspecified atom stereocenters. The van der Waals surface area contributed by atoms with Crippen LogP contribution in [0.25, 0.3) is 0 Å². The molecule has 1 aliphatic rings. The van der Waals surface area contributed by atoms with Crippen molar-refractivity contribution in [2.45, 2.75) is 182 Å². The second kappa shape index (κ2) is 42.5. The third-order valence-corrected chi connectivity index (χ3v) is 15.8. The highest BCUT2D eigenvalue weighted by molar-refractivity contribution is 7.49. The zero-order chi connectivity index (χ0) is 64.9. The Kier molecular flexibility index (Phi) is 39.3. The van der Waals surface area contributed by atoms with Crippen molar-refractivity contribution in [1.29, 1.82) is 0 Å². The molecular weight excluding hydrogens is 1250 g/mol. The number of phosphoric acid groups is 4. The van der Waals surface area contributed by atoms with Crippen LogP contribution < -0.4 is 0 Å². The van der Waals surface area contributed by atoms with Gasteiger partial charge in [-0.3, -0.25) is 65.8 Å². The van der Waals surface area contributed by atoms with Gasteiger partial charge in [0.15, 0.2) is 6.10 Å². The molecule has 1 aliphatic carbocycles. The van der Waals surface area contributed by atoms with Gasteiger partial charge in [0.05, 0.1) is 6.61 Å². The molecule has 2 N–H and O–H groups in total. The van der Waals surface area contributed by atoms with Gasteiger partial charge in [-0.15, -0.1) is 0 Å². The average Bonchev–Trinajstić information content (AvgIpc) is 0.857. The zero-order valence-electron chi connectivity index (χ0n) is 49.0. The first-order valence-electron chi connectivity index (χ1n) is 26.3. The van der Waals surface area contributed by atoms with E-state index in [-0.39, 0.29) is 12.8 Å². The summed E-state index contributed by atoms with van der Waals surface area (Å²) < 4.78 is 166. The van der Waals surface area contributed by atoms with Gasteiger partial charge < -0.3 is 52.8 Å². The third kappa shape index (κ3) is 35.6. The first-order valence-corrected chi connectivity index (χ1v) is 32.2. The predicted octanol–water partition coefficient (Wildman–Crippen LogP) is 5.65. The SMILES string of the molecule is CCCCCCCC(=O)OCC(COP(=O)(OCOC(C)=O)OC1[C@H](O)[C@H](OP(=O)(OCOC(C)=O)OCOC(C)=O)C(OP(=O)(OCOC(C)=O)OCOC(C)=O)[C@H](OP(=O)(OCOC(C)=O)OCOC(C)=O)[C@H]1O)OC(=O)CCCCCCC. The van der Waals surface area contributed by atoms with Gasteiger partial charge >= 0.3 is 85.0 Å². The summed E-state index contributed by atoms with van der Waals surface area (Å²) in [5.74, 6) is -9.31. The lowest BCUT2D eigenvalue weighted by atomic mass is 9.85. The standard InChI is InChI=1S/C46H78O36P4/c1-10-12-14-16-18-20-39(54)62-22-38(78-40(55)21-19-17-15-13-11-2)23-70-83(58,71-24-63-31(3)47)79-43-41(56)44(80-84(59,72-25-64-32(4)48)73-26-65-33(5)49)46(82-86(61,76-29-68-36(8)52)77-30-69-37(9)53)45(42(43)57)81-85(60,74-27-66-34(6)50)75-28-67-35(7)51/h38,41-46,56-57H,10-30H2,1-9H3/t38?,41-,42-,43?,44-,45+,46?,83?/m0/s1. The van der Waals surface area contributed by atoms with Crippen LogP contribution in [0.5, 0.6) is 0 Å². The molecule has 8 atom stereocenters. The molecule has 1 fully saturated rings. The van der Waals surface area contributed by atoms with Crippen molar-refractivity contribution in [3.63, 3.8) is 0 Å². The lowest BCUT2D eigenvalue weighted by Crippen LogP contribution is -2.65. The molecule has 0 aliphatic heterocycles. The lowest BCUT2D eigenvalue weighted by Gasteiger charge is -2.47. The highest BCUT2D eigenvalue weighted by Crippen LogP contribution is 2.61. The summed E-state index contributed by atoms with van der Waals surface area (Å²) in [5.41, 5.74) is 0. The molecular formula is C46H78O36P4. The van der Waals surface area contributed by atoms with E-state index in [1.54, 1.807) is 0 Å². The highest BCUT2D eigenvalue weighted by atomic mass is 31.2. The number of esters is 9. The maximum Gasteiger partial charge on any atom is 0.481 e. The monoisotopic (exact) mass is 1330 g/mol. The molecule has 1 rings (SSSR count). The number of unbranched alkanes of at least 4 members (excludes halogenated alkanes) is 8. The second-order valence-corrected chi connectivity index (χ2v) is 24.1. The summed E-state index contributed by atoms with van der Waals surface area (Å²) >= 11 is 0. The Morgan fingerprint density at radius 3 is 0.907 bits per heavy atom. The molecule has 0 amide bonds. The third-order valence-electron chi connectivity index (χ3n) is 10.4. The molecule has 0 aromatic carbocycles. The van der Waals surface area contributed by atoms with E-state index in [4.69, 9.17) is 68.5 Å². The molecule has 0 saturated heterocycles. The Hall–Kier alpha value is -4.41. The van der Waals surface area contributed by atoms with Crippen LogP contribution >= 0.6 is 31.3 Å². The van der Waals surface area contributed by atoms with E-state index in [2.05, 4.69) is 28.4 Å². The number of carbonyl (C=O) groups excluding carboxylic acids is 9. The fraction of sp³-hybridized carbons (Fsp3) is 0.804. The summed E-state index contributed by atoms with van der Waals surface area (Å²) in [6.07, 6.45) is -12.3. The van der Waals surface area contributed by atoms with Gasteiger partial charge in [-0.25, -0.2) is 49.9 Å². The highest BCUT2D eigenvalue weighted by Gasteiger charge is 2.61. The van der Waals surface area contributed by atoms with Crippen LogP contribution in [-0.2, 0) is 158 Å². The van der Waals surface area contributed by atoms with Crippen LogP contribution in [0.2, 0.25) is 0 Å². The molecule has 0 heterocycles. The second-order valence-electron chi connectivity index (χ2n) is 17.6. The molecule has 36 nitrogen and oxygen atoms in total. The summed E-state index contributed by atoms with van der Waals surface area (Å²) in [7, 11) is -23.1. The minimum Gasteiger partial charge on any atom is -0.462 e. The fourth-order valence-corrected chi connectivity index (χ4v) is 11.0. The van der Waals surface area contributed by atoms with E-state index < -0.39 is 189 Å². The van der Waals surface area contributed by atoms with Crippen molar-refractivity contribution in [2.75, 3.05) is 60.8 Å². The minimum absolute atomic E-state index is 0.0659. The van der Waals surface area contributed by atoms with Crippen molar-refractivity contribution < 1.29 is 169 Å². The van der Waals surface area contributed by atoms with Crippen LogP contribution in [0.15, 0.2) is 0 Å². The van der Waals surface area contributed by atoms with Crippen LogP contribution in [-0.4, -0.2) is 167 Å².